The highest BCUT2D eigenvalue weighted by atomic mass is 32.2. The number of aryl methyl sites for hydroxylation is 1. The number of carbonyl (C=O) groups excluding carboxylic acids is 1. The van der Waals surface area contributed by atoms with Crippen LogP contribution in [0.5, 0.6) is 0 Å². The van der Waals surface area contributed by atoms with Crippen molar-refractivity contribution in [1.82, 2.24) is 0 Å². The van der Waals surface area contributed by atoms with Gasteiger partial charge in [-0.2, -0.15) is 0 Å². The van der Waals surface area contributed by atoms with E-state index in [1.54, 1.807) is 38.1 Å². The summed E-state index contributed by atoms with van der Waals surface area (Å²) in [5, 5.41) is 2.69. The van der Waals surface area contributed by atoms with Gasteiger partial charge >= 0.3 is 0 Å². The molecule has 0 aliphatic carbocycles. The Balaban J connectivity index is 1.85. The largest absolute Gasteiger partial charge is 0.326 e. The number of nitrogens with zero attached hydrogens (tertiary/aromatic N) is 1. The first-order chi connectivity index (χ1) is 13.6. The van der Waals surface area contributed by atoms with Gasteiger partial charge in [0.25, 0.3) is 10.0 Å². The number of hydrogen-bond donors (Lipinski definition) is 2. The minimum Gasteiger partial charge on any atom is -0.326 e. The normalized spacial score (nSPS) is 15.9. The molecule has 2 aromatic rings. The predicted molar refractivity (Wildman–Crippen MR) is 113 cm³/mol. The lowest BCUT2D eigenvalue weighted by atomic mass is 10.2. The summed E-state index contributed by atoms with van der Waals surface area (Å²) in [6, 6.07) is 10.9. The van der Waals surface area contributed by atoms with E-state index in [9.17, 15) is 21.6 Å². The molecule has 0 atom stereocenters. The van der Waals surface area contributed by atoms with Gasteiger partial charge in [0.2, 0.25) is 15.9 Å². The summed E-state index contributed by atoms with van der Waals surface area (Å²) in [5.41, 5.74) is 1.70. The summed E-state index contributed by atoms with van der Waals surface area (Å²) in [7, 11) is -7.25. The molecule has 0 saturated carbocycles. The van der Waals surface area contributed by atoms with Gasteiger partial charge in [0, 0.05) is 18.7 Å². The van der Waals surface area contributed by atoms with E-state index >= 15 is 0 Å². The Hall–Kier alpha value is -2.59. The number of anilines is 3. The molecule has 10 heteroatoms. The van der Waals surface area contributed by atoms with E-state index in [2.05, 4.69) is 10.0 Å². The number of sulfonamides is 2. The molecular weight excluding hydrogens is 414 g/mol. The fraction of sp³-hybridized carbons (Fsp3) is 0.316. The molecule has 1 heterocycles. The lowest BCUT2D eigenvalue weighted by Crippen LogP contribution is -2.25. The molecule has 29 heavy (non-hydrogen) atoms. The predicted octanol–water partition coefficient (Wildman–Crippen LogP) is 2.68. The van der Waals surface area contributed by atoms with Crippen LogP contribution in [0.1, 0.15) is 25.3 Å². The van der Waals surface area contributed by atoms with Gasteiger partial charge in [0.05, 0.1) is 22.0 Å². The third-order valence-corrected chi connectivity index (χ3v) is 7.97. The third-order valence-electron chi connectivity index (χ3n) is 4.55. The van der Waals surface area contributed by atoms with Crippen LogP contribution in [0.25, 0.3) is 0 Å². The Labute approximate surface area is 171 Å². The molecule has 2 aromatic carbocycles. The Morgan fingerprint density at radius 3 is 2.52 bits per heavy atom. The molecule has 1 aliphatic heterocycles. The quantitative estimate of drug-likeness (QED) is 0.721. The number of amides is 1. The molecule has 1 amide bonds. The molecule has 1 fully saturated rings. The maximum absolute atomic E-state index is 12.8. The second-order valence-electron chi connectivity index (χ2n) is 6.78. The molecule has 3 rings (SSSR count). The number of nitrogens with one attached hydrogen (secondary N) is 2. The molecule has 8 nitrogen and oxygen atoms in total. The van der Waals surface area contributed by atoms with Crippen molar-refractivity contribution in [3.05, 3.63) is 48.0 Å². The highest BCUT2D eigenvalue weighted by Crippen LogP contribution is 2.28. The molecule has 2 N–H and O–H groups in total. The summed E-state index contributed by atoms with van der Waals surface area (Å²) in [4.78, 5) is 11.6. The summed E-state index contributed by atoms with van der Waals surface area (Å²) in [6.45, 7) is 3.75. The molecule has 0 aromatic heterocycles. The van der Waals surface area contributed by atoms with Crippen LogP contribution in [0.2, 0.25) is 0 Å². The highest BCUT2D eigenvalue weighted by Gasteiger charge is 2.28. The molecule has 0 bridgehead atoms. The molecular formula is C19H23N3O5S2. The smallest absolute Gasteiger partial charge is 0.262 e. The van der Waals surface area contributed by atoms with Gasteiger partial charge in [-0.3, -0.25) is 13.8 Å². The number of benzene rings is 2. The molecule has 1 aliphatic rings. The fourth-order valence-electron chi connectivity index (χ4n) is 3.14. The van der Waals surface area contributed by atoms with Gasteiger partial charge in [0.1, 0.15) is 0 Å². The molecule has 1 saturated heterocycles. The second kappa shape index (κ2) is 8.03. The Kier molecular flexibility index (Phi) is 5.85. The van der Waals surface area contributed by atoms with Crippen LogP contribution in [0.3, 0.4) is 0 Å². The lowest BCUT2D eigenvalue weighted by Gasteiger charge is -2.18. The number of hydrogen-bond acceptors (Lipinski definition) is 5. The van der Waals surface area contributed by atoms with E-state index in [1.165, 1.54) is 22.5 Å². The van der Waals surface area contributed by atoms with Crippen LogP contribution in [0.15, 0.2) is 47.4 Å². The van der Waals surface area contributed by atoms with Gasteiger partial charge in [-0.05, 0) is 55.3 Å². The zero-order valence-corrected chi connectivity index (χ0v) is 17.8. The Morgan fingerprint density at radius 2 is 1.90 bits per heavy atom. The minimum atomic E-state index is -3.89. The maximum Gasteiger partial charge on any atom is 0.262 e. The van der Waals surface area contributed by atoms with E-state index in [0.29, 0.717) is 36.3 Å². The zero-order chi connectivity index (χ0) is 21.2. The van der Waals surface area contributed by atoms with Crippen molar-refractivity contribution < 1.29 is 21.6 Å². The Morgan fingerprint density at radius 1 is 1.14 bits per heavy atom. The Bertz CT molecular complexity index is 1140. The standard InChI is InChI=1S/C19H23N3O5S2/c1-3-19(23)20-15-8-9-18(14(2)12-15)29(26,27)21-16-6-4-7-17(13-16)22-10-5-11-28(22,24)25/h4,6-9,12-13,21H,3,5,10-11H2,1-2H3,(H,20,23). The van der Waals surface area contributed by atoms with Crippen molar-refractivity contribution >= 4 is 43.0 Å². The van der Waals surface area contributed by atoms with Crippen molar-refractivity contribution in [3.63, 3.8) is 0 Å². The first-order valence-electron chi connectivity index (χ1n) is 9.16. The summed E-state index contributed by atoms with van der Waals surface area (Å²) >= 11 is 0. The monoisotopic (exact) mass is 437 g/mol. The highest BCUT2D eigenvalue weighted by molar-refractivity contribution is 7.93. The van der Waals surface area contributed by atoms with Gasteiger partial charge in [-0.15, -0.1) is 0 Å². The fourth-order valence-corrected chi connectivity index (χ4v) is 5.98. The van der Waals surface area contributed by atoms with E-state index in [0.717, 1.165) is 0 Å². The van der Waals surface area contributed by atoms with Crippen LogP contribution in [-0.4, -0.2) is 35.0 Å². The van der Waals surface area contributed by atoms with Gasteiger partial charge in [-0.25, -0.2) is 16.8 Å². The molecule has 0 unspecified atom stereocenters. The first kappa shape index (κ1) is 21.1. The van der Waals surface area contributed by atoms with E-state index < -0.39 is 20.0 Å². The van der Waals surface area contributed by atoms with E-state index in [1.807, 2.05) is 0 Å². The molecule has 0 spiro atoms. The van der Waals surface area contributed by atoms with Crippen molar-refractivity contribution in [1.29, 1.82) is 0 Å². The van der Waals surface area contributed by atoms with Crippen molar-refractivity contribution in [2.75, 3.05) is 26.6 Å². The lowest BCUT2D eigenvalue weighted by molar-refractivity contribution is -0.115. The molecule has 156 valence electrons. The maximum atomic E-state index is 12.8. The van der Waals surface area contributed by atoms with Gasteiger partial charge in [-0.1, -0.05) is 13.0 Å². The summed E-state index contributed by atoms with van der Waals surface area (Å²) < 4.78 is 53.7. The first-order valence-corrected chi connectivity index (χ1v) is 12.3. The van der Waals surface area contributed by atoms with Crippen molar-refractivity contribution in [3.8, 4) is 0 Å². The van der Waals surface area contributed by atoms with Crippen molar-refractivity contribution in [2.45, 2.75) is 31.6 Å². The average Bonchev–Trinajstić information content (AvgIpc) is 3.00. The second-order valence-corrected chi connectivity index (χ2v) is 10.4. The average molecular weight is 438 g/mol. The van der Waals surface area contributed by atoms with Crippen LogP contribution in [-0.2, 0) is 24.8 Å². The summed E-state index contributed by atoms with van der Waals surface area (Å²) in [5.74, 6) is -0.0740. The van der Waals surface area contributed by atoms with Crippen molar-refractivity contribution in [2.24, 2.45) is 0 Å². The van der Waals surface area contributed by atoms with Crippen LogP contribution < -0.4 is 14.3 Å². The zero-order valence-electron chi connectivity index (χ0n) is 16.2. The molecule has 0 radical (unpaired) electrons. The van der Waals surface area contributed by atoms with E-state index in [4.69, 9.17) is 0 Å². The summed E-state index contributed by atoms with van der Waals surface area (Å²) in [6.07, 6.45) is 0.863. The third kappa shape index (κ3) is 4.70. The van der Waals surface area contributed by atoms with Crippen LogP contribution in [0.4, 0.5) is 17.1 Å². The van der Waals surface area contributed by atoms with Crippen LogP contribution in [0, 0.1) is 6.92 Å². The number of rotatable bonds is 6. The SMILES string of the molecule is CCC(=O)Nc1ccc(S(=O)(=O)Nc2cccc(N3CCCS3(=O)=O)c2)c(C)c1. The van der Waals surface area contributed by atoms with Gasteiger partial charge in [0.15, 0.2) is 0 Å². The minimum absolute atomic E-state index is 0.0752. The van der Waals surface area contributed by atoms with Gasteiger partial charge < -0.3 is 5.32 Å². The topological polar surface area (TPSA) is 113 Å². The van der Waals surface area contributed by atoms with E-state index in [-0.39, 0.29) is 22.2 Å². The van der Waals surface area contributed by atoms with Crippen LogP contribution >= 0.6 is 0 Å². The number of carbonyl (C=O) groups is 1.